The number of benzene rings is 2. The van der Waals surface area contributed by atoms with Crippen LogP contribution in [-0.4, -0.2) is 40.6 Å². The van der Waals surface area contributed by atoms with Crippen molar-refractivity contribution in [2.75, 3.05) is 24.6 Å². The maximum Gasteiger partial charge on any atom is 0.264 e. The number of rotatable bonds is 8. The lowest BCUT2D eigenvalue weighted by atomic mass is 10.2. The van der Waals surface area contributed by atoms with Gasteiger partial charge in [-0.2, -0.15) is 0 Å². The standard InChI is InChI=1S/C19H23ClN2O4S/c1-14(13-26-3)21-19(23)12-22(18-11-7-10-17(20)15(18)2)27(24,25)16-8-5-4-6-9-16/h4-11,14H,12-13H2,1-3H3,(H,21,23)/t14-/m1/s1. The van der Waals surface area contributed by atoms with Gasteiger partial charge in [0.1, 0.15) is 6.54 Å². The second kappa shape index (κ2) is 9.21. The molecule has 0 saturated heterocycles. The molecule has 1 amide bonds. The first-order valence-corrected chi connectivity index (χ1v) is 10.2. The number of halogens is 1. The summed E-state index contributed by atoms with van der Waals surface area (Å²) in [5.41, 5.74) is 0.942. The van der Waals surface area contributed by atoms with E-state index in [0.717, 1.165) is 4.31 Å². The minimum Gasteiger partial charge on any atom is -0.383 e. The molecule has 2 aromatic carbocycles. The van der Waals surface area contributed by atoms with Crippen LogP contribution in [0.4, 0.5) is 5.69 Å². The molecule has 0 aromatic heterocycles. The molecule has 0 aliphatic heterocycles. The number of amides is 1. The van der Waals surface area contributed by atoms with E-state index >= 15 is 0 Å². The Morgan fingerprint density at radius 1 is 1.19 bits per heavy atom. The van der Waals surface area contributed by atoms with Crippen molar-refractivity contribution in [2.24, 2.45) is 0 Å². The molecule has 0 bridgehead atoms. The topological polar surface area (TPSA) is 75.7 Å². The number of carbonyl (C=O) groups excluding carboxylic acids is 1. The summed E-state index contributed by atoms with van der Waals surface area (Å²) in [6.45, 7) is 3.46. The molecule has 6 nitrogen and oxygen atoms in total. The summed E-state index contributed by atoms with van der Waals surface area (Å²) in [4.78, 5) is 12.6. The van der Waals surface area contributed by atoms with Gasteiger partial charge in [0.2, 0.25) is 5.91 Å². The molecule has 0 unspecified atom stereocenters. The van der Waals surface area contributed by atoms with Gasteiger partial charge in [-0.3, -0.25) is 9.10 Å². The van der Waals surface area contributed by atoms with Gasteiger partial charge in [-0.05, 0) is 43.7 Å². The molecule has 8 heteroatoms. The van der Waals surface area contributed by atoms with E-state index in [1.807, 2.05) is 0 Å². The fourth-order valence-corrected chi connectivity index (χ4v) is 4.30. The Kier molecular flexibility index (Phi) is 7.24. The first-order valence-electron chi connectivity index (χ1n) is 8.38. The number of hydrogen-bond donors (Lipinski definition) is 1. The number of sulfonamides is 1. The summed E-state index contributed by atoms with van der Waals surface area (Å²) in [5.74, 6) is -0.432. The maximum absolute atomic E-state index is 13.2. The quantitative estimate of drug-likeness (QED) is 0.725. The Morgan fingerprint density at radius 2 is 1.85 bits per heavy atom. The summed E-state index contributed by atoms with van der Waals surface area (Å²) >= 11 is 6.18. The lowest BCUT2D eigenvalue weighted by Gasteiger charge is -2.26. The lowest BCUT2D eigenvalue weighted by molar-refractivity contribution is -0.120. The van der Waals surface area contributed by atoms with Crippen LogP contribution in [0.1, 0.15) is 12.5 Å². The average Bonchev–Trinajstić information content (AvgIpc) is 2.63. The smallest absolute Gasteiger partial charge is 0.264 e. The highest BCUT2D eigenvalue weighted by atomic mass is 35.5. The molecule has 1 atom stereocenters. The van der Waals surface area contributed by atoms with Gasteiger partial charge >= 0.3 is 0 Å². The van der Waals surface area contributed by atoms with Gasteiger partial charge in [0.25, 0.3) is 10.0 Å². The van der Waals surface area contributed by atoms with Gasteiger partial charge < -0.3 is 10.1 Å². The van der Waals surface area contributed by atoms with Crippen LogP contribution in [0.15, 0.2) is 53.4 Å². The van der Waals surface area contributed by atoms with E-state index in [1.54, 1.807) is 50.2 Å². The minimum absolute atomic E-state index is 0.0992. The van der Waals surface area contributed by atoms with E-state index in [-0.39, 0.29) is 17.5 Å². The van der Waals surface area contributed by atoms with E-state index in [1.165, 1.54) is 19.2 Å². The van der Waals surface area contributed by atoms with Gasteiger partial charge in [-0.25, -0.2) is 8.42 Å². The zero-order valence-corrected chi connectivity index (χ0v) is 17.0. The summed E-state index contributed by atoms with van der Waals surface area (Å²) in [7, 11) is -2.42. The molecule has 2 aromatic rings. The Bertz CT molecular complexity index is 888. The van der Waals surface area contributed by atoms with Gasteiger partial charge in [0.15, 0.2) is 0 Å². The van der Waals surface area contributed by atoms with Crippen LogP contribution in [-0.2, 0) is 19.6 Å². The van der Waals surface area contributed by atoms with Gasteiger partial charge in [-0.1, -0.05) is 35.9 Å². The number of ether oxygens (including phenoxy) is 1. The highest BCUT2D eigenvalue weighted by Gasteiger charge is 2.28. The predicted molar refractivity (Wildman–Crippen MR) is 107 cm³/mol. The van der Waals surface area contributed by atoms with Crippen molar-refractivity contribution in [1.82, 2.24) is 5.32 Å². The zero-order valence-electron chi connectivity index (χ0n) is 15.5. The summed E-state index contributed by atoms with van der Waals surface area (Å²) < 4.78 is 32.5. The van der Waals surface area contributed by atoms with Crippen molar-refractivity contribution >= 4 is 33.2 Å². The molecular formula is C19H23ClN2O4S. The molecule has 27 heavy (non-hydrogen) atoms. The van der Waals surface area contributed by atoms with Crippen molar-refractivity contribution in [3.63, 3.8) is 0 Å². The molecule has 0 heterocycles. The van der Waals surface area contributed by atoms with Crippen LogP contribution >= 0.6 is 11.6 Å². The van der Waals surface area contributed by atoms with Crippen LogP contribution in [0.5, 0.6) is 0 Å². The SMILES string of the molecule is COC[C@@H](C)NC(=O)CN(c1cccc(Cl)c1C)S(=O)(=O)c1ccccc1. The number of carbonyl (C=O) groups is 1. The van der Waals surface area contributed by atoms with Crippen molar-refractivity contribution in [3.05, 3.63) is 59.1 Å². The third-order valence-corrected chi connectivity index (χ3v) is 6.13. The Balaban J connectivity index is 2.43. The van der Waals surface area contributed by atoms with E-state index in [9.17, 15) is 13.2 Å². The molecule has 0 spiro atoms. The largest absolute Gasteiger partial charge is 0.383 e. The van der Waals surface area contributed by atoms with Gasteiger partial charge in [0, 0.05) is 18.2 Å². The normalized spacial score (nSPS) is 12.4. The minimum atomic E-state index is -3.95. The molecule has 0 saturated carbocycles. The van der Waals surface area contributed by atoms with E-state index < -0.39 is 15.9 Å². The Morgan fingerprint density at radius 3 is 2.48 bits per heavy atom. The lowest BCUT2D eigenvalue weighted by Crippen LogP contribution is -2.45. The average molecular weight is 411 g/mol. The molecule has 146 valence electrons. The highest BCUT2D eigenvalue weighted by Crippen LogP contribution is 2.30. The predicted octanol–water partition coefficient (Wildman–Crippen LogP) is 2.99. The maximum atomic E-state index is 13.2. The van der Waals surface area contributed by atoms with Crippen molar-refractivity contribution in [2.45, 2.75) is 24.8 Å². The number of anilines is 1. The Labute approximate surface area is 165 Å². The van der Waals surface area contributed by atoms with E-state index in [4.69, 9.17) is 16.3 Å². The van der Waals surface area contributed by atoms with Crippen LogP contribution in [0.2, 0.25) is 5.02 Å². The Hall–Kier alpha value is -2.09. The molecule has 0 aliphatic carbocycles. The van der Waals surface area contributed by atoms with Crippen LogP contribution in [0.25, 0.3) is 0 Å². The number of hydrogen-bond acceptors (Lipinski definition) is 4. The molecule has 0 aliphatic rings. The summed E-state index contributed by atoms with van der Waals surface area (Å²) in [6.07, 6.45) is 0. The molecule has 2 rings (SSSR count). The van der Waals surface area contributed by atoms with Crippen molar-refractivity contribution in [3.8, 4) is 0 Å². The number of nitrogens with one attached hydrogen (secondary N) is 1. The second-order valence-electron chi connectivity index (χ2n) is 6.13. The third-order valence-electron chi connectivity index (χ3n) is 3.95. The first-order chi connectivity index (χ1) is 12.8. The molecule has 0 fully saturated rings. The fraction of sp³-hybridized carbons (Fsp3) is 0.316. The van der Waals surface area contributed by atoms with Crippen molar-refractivity contribution < 1.29 is 17.9 Å². The molecular weight excluding hydrogens is 388 g/mol. The number of methoxy groups -OCH3 is 1. The van der Waals surface area contributed by atoms with Crippen LogP contribution < -0.4 is 9.62 Å². The second-order valence-corrected chi connectivity index (χ2v) is 8.40. The van der Waals surface area contributed by atoms with E-state index in [2.05, 4.69) is 5.32 Å². The van der Waals surface area contributed by atoms with Crippen molar-refractivity contribution in [1.29, 1.82) is 0 Å². The molecule has 0 radical (unpaired) electrons. The van der Waals surface area contributed by atoms with Gasteiger partial charge in [0.05, 0.1) is 17.2 Å². The van der Waals surface area contributed by atoms with Crippen LogP contribution in [0, 0.1) is 6.92 Å². The monoisotopic (exact) mass is 410 g/mol. The number of nitrogens with zero attached hydrogens (tertiary/aromatic N) is 1. The first kappa shape index (κ1) is 21.2. The summed E-state index contributed by atoms with van der Waals surface area (Å²) in [5, 5.41) is 3.16. The van der Waals surface area contributed by atoms with E-state index in [0.29, 0.717) is 22.9 Å². The summed E-state index contributed by atoms with van der Waals surface area (Å²) in [6, 6.07) is 12.7. The highest BCUT2D eigenvalue weighted by molar-refractivity contribution is 7.92. The molecule has 1 N–H and O–H groups in total. The third kappa shape index (κ3) is 5.22. The fourth-order valence-electron chi connectivity index (χ4n) is 2.63. The van der Waals surface area contributed by atoms with Crippen LogP contribution in [0.3, 0.4) is 0 Å². The van der Waals surface area contributed by atoms with Gasteiger partial charge in [-0.15, -0.1) is 0 Å². The zero-order chi connectivity index (χ0) is 20.0.